The van der Waals surface area contributed by atoms with E-state index in [0.717, 1.165) is 24.2 Å². The van der Waals surface area contributed by atoms with Crippen molar-refractivity contribution >= 4 is 23.0 Å². The lowest BCUT2D eigenvalue weighted by Crippen LogP contribution is -2.51. The van der Waals surface area contributed by atoms with Crippen LogP contribution < -0.4 is 10.6 Å². The Balaban J connectivity index is 1.39. The molecule has 3 unspecified atom stereocenters. The normalized spacial score (nSPS) is 27.5. The Morgan fingerprint density at radius 1 is 1.11 bits per heavy atom. The Morgan fingerprint density at radius 2 is 1.83 bits per heavy atom. The summed E-state index contributed by atoms with van der Waals surface area (Å²) in [5, 5.41) is 20.1. The molecule has 3 aliphatic rings. The molecule has 2 aliphatic heterocycles. The lowest BCUT2D eigenvalue weighted by atomic mass is 9.85. The molecule has 8 heteroatoms. The topological polar surface area (TPSA) is 98.1 Å². The van der Waals surface area contributed by atoms with E-state index in [2.05, 4.69) is 33.1 Å². The number of benzene rings is 1. The van der Waals surface area contributed by atoms with Crippen molar-refractivity contribution < 1.29 is 9.59 Å². The highest BCUT2D eigenvalue weighted by molar-refractivity contribution is 7.07. The van der Waals surface area contributed by atoms with Crippen LogP contribution in [-0.2, 0) is 17.6 Å². The van der Waals surface area contributed by atoms with Crippen LogP contribution in [0.3, 0.4) is 0 Å². The number of pyridine rings is 1. The molecule has 1 aromatic carbocycles. The number of nitrogens with one attached hydrogen (secondary N) is 2. The predicted octanol–water partition coefficient (Wildman–Crippen LogP) is 2.91. The number of carbonyl (C=O) groups is 2. The molecule has 1 saturated carbocycles. The van der Waals surface area contributed by atoms with Gasteiger partial charge < -0.3 is 10.6 Å². The zero-order valence-corrected chi connectivity index (χ0v) is 20.4. The smallest absolute Gasteiger partial charge is 0.254 e. The molecule has 3 fully saturated rings. The molecule has 3 aromatic rings. The standard InChI is InChI=1S/C28H25N5O2S/c29-14-19-1-3-21(4-2-19)24(34)11-25-32-28(13-20-7-10-36-17-20,12-18-5-8-30-9-6-18)27(35)33(25)26-22-15-31-16-23(22)26/h1-11,17,22-23,26,31-32H,12-13,15-16H2. The number of aromatic nitrogens is 1. The van der Waals surface area contributed by atoms with Gasteiger partial charge in [-0.05, 0) is 76.2 Å². The number of nitriles is 1. The number of hydrogen-bond acceptors (Lipinski definition) is 7. The van der Waals surface area contributed by atoms with Crippen molar-refractivity contribution in [3.05, 3.63) is 99.8 Å². The molecule has 0 bridgehead atoms. The van der Waals surface area contributed by atoms with Crippen LogP contribution >= 0.6 is 11.3 Å². The summed E-state index contributed by atoms with van der Waals surface area (Å²) >= 11 is 1.61. The maximum atomic E-state index is 14.3. The third-order valence-corrected chi connectivity index (χ3v) is 8.24. The molecule has 1 amide bonds. The molecular weight excluding hydrogens is 470 g/mol. The lowest BCUT2D eigenvalue weighted by Gasteiger charge is -2.27. The average molecular weight is 496 g/mol. The number of thiophene rings is 1. The average Bonchev–Trinajstić information content (AvgIpc) is 3.31. The molecule has 6 rings (SSSR count). The van der Waals surface area contributed by atoms with Crippen LogP contribution in [0, 0.1) is 23.2 Å². The van der Waals surface area contributed by atoms with Gasteiger partial charge in [0.05, 0.1) is 11.6 Å². The maximum Gasteiger partial charge on any atom is 0.254 e. The van der Waals surface area contributed by atoms with Gasteiger partial charge in [0.2, 0.25) is 0 Å². The highest BCUT2D eigenvalue weighted by Crippen LogP contribution is 2.49. The monoisotopic (exact) mass is 495 g/mol. The lowest BCUT2D eigenvalue weighted by molar-refractivity contribution is -0.132. The van der Waals surface area contributed by atoms with Crippen molar-refractivity contribution in [2.75, 3.05) is 13.1 Å². The number of allylic oxidation sites excluding steroid dienone is 1. The molecule has 4 heterocycles. The first-order valence-electron chi connectivity index (χ1n) is 12.1. The molecular formula is C28H25N5O2S. The van der Waals surface area contributed by atoms with Gasteiger partial charge in [-0.2, -0.15) is 16.6 Å². The van der Waals surface area contributed by atoms with Gasteiger partial charge >= 0.3 is 0 Å². The Hall–Kier alpha value is -3.80. The van der Waals surface area contributed by atoms with Gasteiger partial charge in [0.15, 0.2) is 5.78 Å². The predicted molar refractivity (Wildman–Crippen MR) is 136 cm³/mol. The molecule has 3 atom stereocenters. The van der Waals surface area contributed by atoms with Gasteiger partial charge in [0.1, 0.15) is 11.4 Å². The summed E-state index contributed by atoms with van der Waals surface area (Å²) in [4.78, 5) is 33.6. The van der Waals surface area contributed by atoms with Crippen molar-refractivity contribution in [3.63, 3.8) is 0 Å². The van der Waals surface area contributed by atoms with E-state index in [1.165, 1.54) is 0 Å². The third kappa shape index (κ3) is 4.00. The van der Waals surface area contributed by atoms with E-state index in [-0.39, 0.29) is 17.7 Å². The van der Waals surface area contributed by atoms with Gasteiger partial charge in [-0.25, -0.2) is 0 Å². The zero-order valence-electron chi connectivity index (χ0n) is 19.6. The van der Waals surface area contributed by atoms with Crippen molar-refractivity contribution in [2.24, 2.45) is 11.8 Å². The van der Waals surface area contributed by atoms with Crippen LogP contribution in [0.25, 0.3) is 0 Å². The number of piperidine rings is 1. The molecule has 2 saturated heterocycles. The van der Waals surface area contributed by atoms with E-state index in [4.69, 9.17) is 5.26 Å². The van der Waals surface area contributed by atoms with E-state index in [9.17, 15) is 9.59 Å². The van der Waals surface area contributed by atoms with E-state index in [1.54, 1.807) is 54.1 Å². The summed E-state index contributed by atoms with van der Waals surface area (Å²) in [6, 6.07) is 14.7. The third-order valence-electron chi connectivity index (χ3n) is 7.51. The number of ketones is 1. The molecule has 0 radical (unpaired) electrons. The summed E-state index contributed by atoms with van der Waals surface area (Å²) in [6.45, 7) is 1.77. The fourth-order valence-electron chi connectivity index (χ4n) is 5.68. The van der Waals surface area contributed by atoms with Crippen LogP contribution in [0.2, 0.25) is 0 Å². The van der Waals surface area contributed by atoms with Crippen LogP contribution in [0.4, 0.5) is 0 Å². The van der Waals surface area contributed by atoms with Crippen molar-refractivity contribution in [1.29, 1.82) is 5.26 Å². The first kappa shape index (κ1) is 22.7. The first-order chi connectivity index (χ1) is 17.6. The summed E-state index contributed by atoms with van der Waals surface area (Å²) in [5.74, 6) is 1.20. The maximum absolute atomic E-state index is 14.3. The van der Waals surface area contributed by atoms with Crippen LogP contribution in [0.1, 0.15) is 27.0 Å². The molecule has 1 aliphatic carbocycles. The van der Waals surface area contributed by atoms with Gasteiger partial charge in [-0.3, -0.25) is 19.5 Å². The second-order valence-electron chi connectivity index (χ2n) is 9.78. The van der Waals surface area contributed by atoms with Gasteiger partial charge in [-0.1, -0.05) is 0 Å². The van der Waals surface area contributed by atoms with E-state index >= 15 is 0 Å². The minimum atomic E-state index is -0.899. The van der Waals surface area contributed by atoms with Crippen molar-refractivity contribution in [1.82, 2.24) is 20.5 Å². The minimum Gasteiger partial charge on any atom is -0.357 e. The van der Waals surface area contributed by atoms with Gasteiger partial charge in [0, 0.05) is 56.0 Å². The fraction of sp³-hybridized carbons (Fsp3) is 0.286. The second-order valence-corrected chi connectivity index (χ2v) is 10.6. The summed E-state index contributed by atoms with van der Waals surface area (Å²) in [5.41, 5.74) is 2.19. The molecule has 7 nitrogen and oxygen atoms in total. The highest BCUT2D eigenvalue weighted by Gasteiger charge is 2.62. The summed E-state index contributed by atoms with van der Waals surface area (Å²) in [6.07, 6.45) is 6.06. The first-order valence-corrected chi connectivity index (χ1v) is 13.0. The van der Waals surface area contributed by atoms with Crippen LogP contribution in [-0.4, -0.2) is 46.2 Å². The van der Waals surface area contributed by atoms with E-state index < -0.39 is 5.54 Å². The fourth-order valence-corrected chi connectivity index (χ4v) is 6.35. The van der Waals surface area contributed by atoms with Crippen LogP contribution in [0.15, 0.2) is 77.5 Å². The molecule has 36 heavy (non-hydrogen) atoms. The van der Waals surface area contributed by atoms with Gasteiger partial charge in [-0.15, -0.1) is 0 Å². The van der Waals surface area contributed by atoms with Crippen molar-refractivity contribution in [2.45, 2.75) is 24.4 Å². The Bertz CT molecular complexity index is 1350. The number of rotatable bonds is 7. The molecule has 0 spiro atoms. The number of hydrogen-bond donors (Lipinski definition) is 2. The van der Waals surface area contributed by atoms with E-state index in [0.29, 0.717) is 41.6 Å². The number of nitrogens with zero attached hydrogens (tertiary/aromatic N) is 3. The quantitative estimate of drug-likeness (QED) is 0.386. The SMILES string of the molecule is N#Cc1ccc(C(=O)C=C2NC(Cc3ccncc3)(Cc3ccsc3)C(=O)N2C2C3CNCC32)cc1. The highest BCUT2D eigenvalue weighted by atomic mass is 32.1. The summed E-state index contributed by atoms with van der Waals surface area (Å²) < 4.78 is 0. The van der Waals surface area contributed by atoms with Crippen LogP contribution in [0.5, 0.6) is 0 Å². The summed E-state index contributed by atoms with van der Waals surface area (Å²) in [7, 11) is 0. The Kier molecular flexibility index (Phi) is 5.67. The largest absolute Gasteiger partial charge is 0.357 e. The number of amides is 1. The molecule has 180 valence electrons. The minimum absolute atomic E-state index is 0.0174. The van der Waals surface area contributed by atoms with E-state index in [1.807, 2.05) is 22.4 Å². The zero-order chi connectivity index (χ0) is 24.7. The number of carbonyl (C=O) groups excluding carboxylic acids is 2. The Labute approximate surface area is 213 Å². The van der Waals surface area contributed by atoms with Crippen molar-refractivity contribution in [3.8, 4) is 6.07 Å². The molecule has 2 N–H and O–H groups in total. The number of fused-ring (bicyclic) bond motifs is 1. The Morgan fingerprint density at radius 3 is 2.50 bits per heavy atom. The molecule has 2 aromatic heterocycles. The van der Waals surface area contributed by atoms with Gasteiger partial charge in [0.25, 0.3) is 5.91 Å². The second kappa shape index (κ2) is 9.01.